The number of imide groups is 1. The molecule has 1 heterocycles. The Kier molecular flexibility index (Phi) is 5.60. The maximum absolute atomic E-state index is 12.7. The average molecular weight is 383 g/mol. The van der Waals surface area contributed by atoms with Crippen LogP contribution in [0.4, 0.5) is 5.69 Å². The predicted octanol–water partition coefficient (Wildman–Crippen LogP) is 1.58. The van der Waals surface area contributed by atoms with Crippen molar-refractivity contribution in [1.29, 1.82) is 0 Å². The molecule has 2 aromatic carbocycles. The summed E-state index contributed by atoms with van der Waals surface area (Å²) >= 11 is 0. The lowest BCUT2D eigenvalue weighted by molar-refractivity contribution is -0.121. The molecule has 8 nitrogen and oxygen atoms in total. The summed E-state index contributed by atoms with van der Waals surface area (Å²) in [5, 5.41) is 0. The number of benzene rings is 2. The van der Waals surface area contributed by atoms with Crippen LogP contribution in [0.2, 0.25) is 0 Å². The Labute approximate surface area is 162 Å². The SMILES string of the molecule is COc1ccc(N2C(=O)CC(NNC(=O)c3ccc(C)cc3)C2=O)c(OC)c1. The monoisotopic (exact) mass is 383 g/mol. The number of anilines is 1. The van der Waals surface area contributed by atoms with Crippen molar-refractivity contribution in [3.63, 3.8) is 0 Å². The Morgan fingerprint density at radius 1 is 1.07 bits per heavy atom. The first-order chi connectivity index (χ1) is 13.4. The van der Waals surface area contributed by atoms with Crippen LogP contribution in [-0.2, 0) is 9.59 Å². The number of nitrogens with zero attached hydrogens (tertiary/aromatic N) is 1. The number of hydrazine groups is 1. The van der Waals surface area contributed by atoms with Gasteiger partial charge in [0.05, 0.1) is 26.3 Å². The van der Waals surface area contributed by atoms with Crippen molar-refractivity contribution >= 4 is 23.4 Å². The molecule has 2 N–H and O–H groups in total. The zero-order valence-electron chi connectivity index (χ0n) is 15.8. The zero-order chi connectivity index (χ0) is 20.3. The summed E-state index contributed by atoms with van der Waals surface area (Å²) in [6.45, 7) is 1.92. The minimum atomic E-state index is -0.867. The molecule has 1 aliphatic heterocycles. The molecule has 1 aliphatic rings. The van der Waals surface area contributed by atoms with Crippen LogP contribution in [-0.4, -0.2) is 38.0 Å². The van der Waals surface area contributed by atoms with Crippen LogP contribution < -0.4 is 25.2 Å². The molecule has 0 bridgehead atoms. The highest BCUT2D eigenvalue weighted by atomic mass is 16.5. The smallest absolute Gasteiger partial charge is 0.265 e. The molecule has 0 saturated carbocycles. The lowest BCUT2D eigenvalue weighted by Crippen LogP contribution is -2.48. The molecule has 1 atom stereocenters. The highest BCUT2D eigenvalue weighted by molar-refractivity contribution is 6.23. The van der Waals surface area contributed by atoms with Crippen LogP contribution in [0.3, 0.4) is 0 Å². The van der Waals surface area contributed by atoms with E-state index in [9.17, 15) is 14.4 Å². The average Bonchev–Trinajstić information content (AvgIpc) is 2.99. The number of methoxy groups -OCH3 is 2. The van der Waals surface area contributed by atoms with Gasteiger partial charge in [0.15, 0.2) is 0 Å². The molecule has 146 valence electrons. The Morgan fingerprint density at radius 3 is 2.43 bits per heavy atom. The second-order valence-electron chi connectivity index (χ2n) is 6.33. The summed E-state index contributed by atoms with van der Waals surface area (Å²) < 4.78 is 10.4. The molecule has 28 heavy (non-hydrogen) atoms. The molecule has 1 fully saturated rings. The number of amides is 3. The van der Waals surface area contributed by atoms with Gasteiger partial charge < -0.3 is 9.47 Å². The van der Waals surface area contributed by atoms with E-state index in [4.69, 9.17) is 9.47 Å². The first-order valence-electron chi connectivity index (χ1n) is 8.66. The fourth-order valence-electron chi connectivity index (χ4n) is 2.90. The molecule has 0 spiro atoms. The third-order valence-electron chi connectivity index (χ3n) is 4.45. The van der Waals surface area contributed by atoms with Crippen molar-refractivity contribution in [2.75, 3.05) is 19.1 Å². The van der Waals surface area contributed by atoms with Gasteiger partial charge in [0.2, 0.25) is 5.91 Å². The van der Waals surface area contributed by atoms with Gasteiger partial charge >= 0.3 is 0 Å². The van der Waals surface area contributed by atoms with Crippen molar-refractivity contribution in [3.8, 4) is 11.5 Å². The number of rotatable bonds is 6. The van der Waals surface area contributed by atoms with E-state index in [1.807, 2.05) is 19.1 Å². The molecule has 8 heteroatoms. The summed E-state index contributed by atoms with van der Waals surface area (Å²) in [7, 11) is 2.96. The summed E-state index contributed by atoms with van der Waals surface area (Å²) in [6.07, 6.45) is -0.0812. The van der Waals surface area contributed by atoms with Crippen molar-refractivity contribution in [1.82, 2.24) is 10.9 Å². The lowest BCUT2D eigenvalue weighted by Gasteiger charge is -2.19. The van der Waals surface area contributed by atoms with Crippen LogP contribution in [0.5, 0.6) is 11.5 Å². The van der Waals surface area contributed by atoms with Gasteiger partial charge in [-0.1, -0.05) is 17.7 Å². The number of hydrogen-bond acceptors (Lipinski definition) is 6. The molecule has 3 rings (SSSR count). The van der Waals surface area contributed by atoms with E-state index in [2.05, 4.69) is 10.9 Å². The highest BCUT2D eigenvalue weighted by Crippen LogP contribution is 2.35. The van der Waals surface area contributed by atoms with Gasteiger partial charge in [-0.25, -0.2) is 10.3 Å². The van der Waals surface area contributed by atoms with Gasteiger partial charge in [0.1, 0.15) is 17.5 Å². The first kappa shape index (κ1) is 19.4. The summed E-state index contributed by atoms with van der Waals surface area (Å²) in [4.78, 5) is 38.4. The third-order valence-corrected chi connectivity index (χ3v) is 4.45. The Balaban J connectivity index is 1.71. The fraction of sp³-hybridized carbons (Fsp3) is 0.250. The van der Waals surface area contributed by atoms with E-state index in [0.717, 1.165) is 10.5 Å². The Bertz CT molecular complexity index is 911. The van der Waals surface area contributed by atoms with E-state index in [-0.39, 0.29) is 12.3 Å². The molecule has 1 unspecified atom stereocenters. The molecular formula is C20H21N3O5. The minimum Gasteiger partial charge on any atom is -0.497 e. The van der Waals surface area contributed by atoms with Crippen LogP contribution >= 0.6 is 0 Å². The van der Waals surface area contributed by atoms with Gasteiger partial charge in [0, 0.05) is 11.6 Å². The third kappa shape index (κ3) is 3.81. The lowest BCUT2D eigenvalue weighted by atomic mass is 10.1. The van der Waals surface area contributed by atoms with Crippen LogP contribution in [0.1, 0.15) is 22.3 Å². The predicted molar refractivity (Wildman–Crippen MR) is 102 cm³/mol. The number of carbonyl (C=O) groups is 3. The van der Waals surface area contributed by atoms with Crippen molar-refractivity contribution in [2.24, 2.45) is 0 Å². The summed E-state index contributed by atoms with van der Waals surface area (Å²) in [6, 6.07) is 10.9. The maximum Gasteiger partial charge on any atom is 0.265 e. The quantitative estimate of drug-likeness (QED) is 0.581. The van der Waals surface area contributed by atoms with Gasteiger partial charge in [-0.3, -0.25) is 19.8 Å². The molecule has 3 amide bonds. The molecule has 1 saturated heterocycles. The van der Waals surface area contributed by atoms with Crippen molar-refractivity contribution in [2.45, 2.75) is 19.4 Å². The molecule has 0 radical (unpaired) electrons. The van der Waals surface area contributed by atoms with Crippen LogP contribution in [0.15, 0.2) is 42.5 Å². The van der Waals surface area contributed by atoms with Gasteiger partial charge in [0.25, 0.3) is 11.8 Å². The number of carbonyl (C=O) groups excluding carboxylic acids is 3. The van der Waals surface area contributed by atoms with Gasteiger partial charge in [-0.05, 0) is 31.2 Å². The van der Waals surface area contributed by atoms with E-state index >= 15 is 0 Å². The van der Waals surface area contributed by atoms with Gasteiger partial charge in [-0.2, -0.15) is 0 Å². The normalized spacial score (nSPS) is 16.2. The number of ether oxygens (including phenoxy) is 2. The second-order valence-corrected chi connectivity index (χ2v) is 6.33. The molecular weight excluding hydrogens is 362 g/mol. The van der Waals surface area contributed by atoms with E-state index in [1.54, 1.807) is 30.3 Å². The van der Waals surface area contributed by atoms with Crippen LogP contribution in [0, 0.1) is 6.92 Å². The topological polar surface area (TPSA) is 97.0 Å². The second kappa shape index (κ2) is 8.10. The molecule has 0 aliphatic carbocycles. The van der Waals surface area contributed by atoms with E-state index in [0.29, 0.717) is 22.7 Å². The fourth-order valence-corrected chi connectivity index (χ4v) is 2.90. The number of aryl methyl sites for hydroxylation is 1. The minimum absolute atomic E-state index is 0.0812. The zero-order valence-corrected chi connectivity index (χ0v) is 15.8. The van der Waals surface area contributed by atoms with Gasteiger partial charge in [-0.15, -0.1) is 0 Å². The van der Waals surface area contributed by atoms with E-state index < -0.39 is 17.9 Å². The van der Waals surface area contributed by atoms with Crippen molar-refractivity contribution < 1.29 is 23.9 Å². The largest absolute Gasteiger partial charge is 0.497 e. The highest BCUT2D eigenvalue weighted by Gasteiger charge is 2.41. The van der Waals surface area contributed by atoms with Crippen LogP contribution in [0.25, 0.3) is 0 Å². The number of hydrogen-bond donors (Lipinski definition) is 2. The van der Waals surface area contributed by atoms with E-state index in [1.165, 1.54) is 14.2 Å². The Hall–Kier alpha value is -3.39. The number of nitrogens with one attached hydrogen (secondary N) is 2. The summed E-state index contributed by atoms with van der Waals surface area (Å²) in [5.74, 6) is -0.376. The maximum atomic E-state index is 12.7. The standard InChI is InChI=1S/C20H21N3O5/c1-12-4-6-13(7-5-12)19(25)22-21-15-11-18(24)23(20(15)26)16-9-8-14(27-2)10-17(16)28-3/h4-10,15,21H,11H2,1-3H3,(H,22,25). The van der Waals surface area contributed by atoms with Crippen molar-refractivity contribution in [3.05, 3.63) is 53.6 Å². The molecule has 2 aromatic rings. The Morgan fingerprint density at radius 2 is 1.79 bits per heavy atom. The summed E-state index contributed by atoms with van der Waals surface area (Å²) in [5.41, 5.74) is 6.95. The molecule has 0 aromatic heterocycles. The first-order valence-corrected chi connectivity index (χ1v) is 8.66.